The van der Waals surface area contributed by atoms with Crippen LogP contribution in [0.3, 0.4) is 0 Å². The molecule has 0 aliphatic carbocycles. The van der Waals surface area contributed by atoms with Crippen LogP contribution in [-0.2, 0) is 9.53 Å². The maximum atomic E-state index is 11.4. The van der Waals surface area contributed by atoms with Crippen molar-refractivity contribution in [3.8, 4) is 0 Å². The van der Waals surface area contributed by atoms with Crippen molar-refractivity contribution < 1.29 is 9.53 Å². The SMILES string of the molecule is CC(C)OC(=O)CN[C@H](C)c1ccccc1Cl. The van der Waals surface area contributed by atoms with E-state index in [1.165, 1.54) is 0 Å². The van der Waals surface area contributed by atoms with Crippen LogP contribution >= 0.6 is 11.6 Å². The molecule has 0 saturated heterocycles. The molecule has 1 aromatic carbocycles. The molecular formula is C13H18ClNO2. The quantitative estimate of drug-likeness (QED) is 0.822. The third kappa shape index (κ3) is 4.75. The summed E-state index contributed by atoms with van der Waals surface area (Å²) in [7, 11) is 0. The summed E-state index contributed by atoms with van der Waals surface area (Å²) in [5.74, 6) is -0.251. The minimum atomic E-state index is -0.251. The lowest BCUT2D eigenvalue weighted by Gasteiger charge is -2.15. The van der Waals surface area contributed by atoms with E-state index in [-0.39, 0.29) is 24.7 Å². The molecule has 0 spiro atoms. The maximum Gasteiger partial charge on any atom is 0.320 e. The first-order chi connectivity index (χ1) is 8.00. The first-order valence-corrected chi connectivity index (χ1v) is 6.05. The molecule has 0 fully saturated rings. The largest absolute Gasteiger partial charge is 0.462 e. The Bertz CT molecular complexity index is 379. The van der Waals surface area contributed by atoms with E-state index in [0.717, 1.165) is 5.56 Å². The molecule has 1 atom stereocenters. The Labute approximate surface area is 107 Å². The van der Waals surface area contributed by atoms with Crippen molar-refractivity contribution in [2.24, 2.45) is 0 Å². The molecule has 0 bridgehead atoms. The molecule has 1 N–H and O–H groups in total. The molecule has 1 rings (SSSR count). The van der Waals surface area contributed by atoms with Crippen LogP contribution in [0, 0.1) is 0 Å². The normalized spacial score (nSPS) is 12.5. The van der Waals surface area contributed by atoms with Crippen molar-refractivity contribution >= 4 is 17.6 Å². The number of rotatable bonds is 5. The number of carbonyl (C=O) groups is 1. The molecule has 0 aliphatic heterocycles. The van der Waals surface area contributed by atoms with Crippen LogP contribution in [0.25, 0.3) is 0 Å². The highest BCUT2D eigenvalue weighted by atomic mass is 35.5. The molecule has 17 heavy (non-hydrogen) atoms. The van der Waals surface area contributed by atoms with E-state index in [9.17, 15) is 4.79 Å². The smallest absolute Gasteiger partial charge is 0.320 e. The van der Waals surface area contributed by atoms with Gasteiger partial charge in [-0.2, -0.15) is 0 Å². The average molecular weight is 256 g/mol. The molecule has 0 aromatic heterocycles. The number of esters is 1. The predicted molar refractivity (Wildman–Crippen MR) is 69.1 cm³/mol. The third-order valence-corrected chi connectivity index (χ3v) is 2.64. The summed E-state index contributed by atoms with van der Waals surface area (Å²) in [5.41, 5.74) is 0.978. The molecule has 0 saturated carbocycles. The molecule has 0 aliphatic rings. The average Bonchev–Trinajstić information content (AvgIpc) is 2.25. The second-order valence-electron chi connectivity index (χ2n) is 4.16. The van der Waals surface area contributed by atoms with Crippen LogP contribution in [0.15, 0.2) is 24.3 Å². The Hall–Kier alpha value is -1.06. The van der Waals surface area contributed by atoms with Gasteiger partial charge in [-0.05, 0) is 32.4 Å². The number of halogens is 1. The van der Waals surface area contributed by atoms with Gasteiger partial charge in [0.1, 0.15) is 0 Å². The number of nitrogens with one attached hydrogen (secondary N) is 1. The minimum Gasteiger partial charge on any atom is -0.462 e. The van der Waals surface area contributed by atoms with Gasteiger partial charge >= 0.3 is 5.97 Å². The minimum absolute atomic E-state index is 0.0170. The zero-order chi connectivity index (χ0) is 12.8. The summed E-state index contributed by atoms with van der Waals surface area (Å²) in [6.45, 7) is 5.80. The molecule has 1 aromatic rings. The Kier molecular flexibility index (Phi) is 5.45. The van der Waals surface area contributed by atoms with Crippen LogP contribution in [0.2, 0.25) is 5.02 Å². The van der Waals surface area contributed by atoms with Crippen LogP contribution in [-0.4, -0.2) is 18.6 Å². The Morgan fingerprint density at radius 3 is 2.59 bits per heavy atom. The summed E-state index contributed by atoms with van der Waals surface area (Å²) in [5, 5.41) is 3.78. The lowest BCUT2D eigenvalue weighted by molar-refractivity contribution is -0.146. The Balaban J connectivity index is 2.48. The molecule has 0 heterocycles. The summed E-state index contributed by atoms with van der Waals surface area (Å²) >= 11 is 6.06. The van der Waals surface area contributed by atoms with E-state index in [2.05, 4.69) is 5.32 Å². The van der Waals surface area contributed by atoms with Gasteiger partial charge in [-0.15, -0.1) is 0 Å². The van der Waals surface area contributed by atoms with E-state index in [4.69, 9.17) is 16.3 Å². The summed E-state index contributed by atoms with van der Waals surface area (Å²) in [4.78, 5) is 11.4. The topological polar surface area (TPSA) is 38.3 Å². The van der Waals surface area contributed by atoms with Gasteiger partial charge in [-0.1, -0.05) is 29.8 Å². The molecule has 94 valence electrons. The number of benzene rings is 1. The first kappa shape index (κ1) is 14.0. The van der Waals surface area contributed by atoms with Gasteiger partial charge in [0.05, 0.1) is 12.6 Å². The van der Waals surface area contributed by atoms with Gasteiger partial charge in [0.2, 0.25) is 0 Å². The summed E-state index contributed by atoms with van der Waals surface area (Å²) < 4.78 is 5.03. The van der Waals surface area contributed by atoms with Crippen LogP contribution in [0.4, 0.5) is 0 Å². The fourth-order valence-electron chi connectivity index (χ4n) is 1.48. The number of hydrogen-bond donors (Lipinski definition) is 1. The fourth-order valence-corrected chi connectivity index (χ4v) is 1.78. The van der Waals surface area contributed by atoms with Crippen LogP contribution in [0.1, 0.15) is 32.4 Å². The summed E-state index contributed by atoms with van der Waals surface area (Å²) in [6.07, 6.45) is -0.0834. The van der Waals surface area contributed by atoms with Crippen molar-refractivity contribution in [2.75, 3.05) is 6.54 Å². The zero-order valence-corrected chi connectivity index (χ0v) is 11.1. The van der Waals surface area contributed by atoms with E-state index in [0.29, 0.717) is 5.02 Å². The van der Waals surface area contributed by atoms with Gasteiger partial charge in [0.25, 0.3) is 0 Å². The van der Waals surface area contributed by atoms with Crippen LogP contribution < -0.4 is 5.32 Å². The molecule has 3 nitrogen and oxygen atoms in total. The summed E-state index contributed by atoms with van der Waals surface area (Å²) in [6, 6.07) is 7.59. The van der Waals surface area contributed by atoms with Crippen LogP contribution in [0.5, 0.6) is 0 Å². The van der Waals surface area contributed by atoms with E-state index in [1.54, 1.807) is 0 Å². The van der Waals surface area contributed by atoms with Crippen molar-refractivity contribution in [1.29, 1.82) is 0 Å². The second-order valence-corrected chi connectivity index (χ2v) is 4.57. The molecule has 0 unspecified atom stereocenters. The second kappa shape index (κ2) is 6.62. The van der Waals surface area contributed by atoms with E-state index < -0.39 is 0 Å². The Morgan fingerprint density at radius 2 is 2.00 bits per heavy atom. The highest BCUT2D eigenvalue weighted by Crippen LogP contribution is 2.21. The van der Waals surface area contributed by atoms with E-state index in [1.807, 2.05) is 45.0 Å². The third-order valence-electron chi connectivity index (χ3n) is 2.29. The van der Waals surface area contributed by atoms with Crippen molar-refractivity contribution in [3.63, 3.8) is 0 Å². The number of carbonyl (C=O) groups excluding carboxylic acids is 1. The maximum absolute atomic E-state index is 11.4. The number of hydrogen-bond acceptors (Lipinski definition) is 3. The first-order valence-electron chi connectivity index (χ1n) is 5.68. The molecule has 0 amide bonds. The highest BCUT2D eigenvalue weighted by Gasteiger charge is 2.11. The highest BCUT2D eigenvalue weighted by molar-refractivity contribution is 6.31. The van der Waals surface area contributed by atoms with Gasteiger partial charge in [0.15, 0.2) is 0 Å². The lowest BCUT2D eigenvalue weighted by Crippen LogP contribution is -2.28. The predicted octanol–water partition coefficient (Wildman–Crippen LogP) is 2.94. The van der Waals surface area contributed by atoms with Crippen molar-refractivity contribution in [3.05, 3.63) is 34.9 Å². The monoisotopic (exact) mass is 255 g/mol. The standard InChI is InChI=1S/C13H18ClNO2/c1-9(2)17-13(16)8-15-10(3)11-6-4-5-7-12(11)14/h4-7,9-10,15H,8H2,1-3H3/t10-/m1/s1. The van der Waals surface area contributed by atoms with Crippen molar-refractivity contribution in [1.82, 2.24) is 5.32 Å². The zero-order valence-electron chi connectivity index (χ0n) is 10.4. The molecule has 4 heteroatoms. The van der Waals surface area contributed by atoms with E-state index >= 15 is 0 Å². The van der Waals surface area contributed by atoms with Gasteiger partial charge in [-0.3, -0.25) is 4.79 Å². The van der Waals surface area contributed by atoms with Gasteiger partial charge in [-0.25, -0.2) is 0 Å². The van der Waals surface area contributed by atoms with Gasteiger partial charge in [0, 0.05) is 11.1 Å². The van der Waals surface area contributed by atoms with Gasteiger partial charge < -0.3 is 10.1 Å². The van der Waals surface area contributed by atoms with Crippen molar-refractivity contribution in [2.45, 2.75) is 32.9 Å². The lowest BCUT2D eigenvalue weighted by atomic mass is 10.1. The number of ether oxygens (including phenoxy) is 1. The molecular weight excluding hydrogens is 238 g/mol. The molecule has 0 radical (unpaired) electrons. The fraction of sp³-hybridized carbons (Fsp3) is 0.462. The Morgan fingerprint density at radius 1 is 1.35 bits per heavy atom.